The second-order valence-corrected chi connectivity index (χ2v) is 5.32. The molecule has 0 aromatic heterocycles. The van der Waals surface area contributed by atoms with Crippen LogP contribution in [-0.2, 0) is 14.3 Å². The summed E-state index contributed by atoms with van der Waals surface area (Å²) >= 11 is 0. The van der Waals surface area contributed by atoms with Gasteiger partial charge in [0.25, 0.3) is 11.8 Å². The van der Waals surface area contributed by atoms with Gasteiger partial charge in [0.15, 0.2) is 6.61 Å². The van der Waals surface area contributed by atoms with E-state index in [1.165, 1.54) is 0 Å². The molecule has 6 heteroatoms. The SMILES string of the molecule is COC(C)(C(=O)Nc1ccc(OCC(N)=O)cc1)C1CC1. The number of anilines is 1. The van der Waals surface area contributed by atoms with Crippen molar-refractivity contribution < 1.29 is 19.1 Å². The number of carbonyl (C=O) groups excluding carboxylic acids is 2. The maximum atomic E-state index is 12.3. The van der Waals surface area contributed by atoms with Crippen LogP contribution >= 0.6 is 0 Å². The Morgan fingerprint density at radius 1 is 1.33 bits per heavy atom. The zero-order valence-electron chi connectivity index (χ0n) is 12.2. The molecule has 1 unspecified atom stereocenters. The van der Waals surface area contributed by atoms with Crippen LogP contribution in [0.2, 0.25) is 0 Å². The average Bonchev–Trinajstić information content (AvgIpc) is 3.30. The number of nitrogens with one attached hydrogen (secondary N) is 1. The van der Waals surface area contributed by atoms with E-state index in [9.17, 15) is 9.59 Å². The monoisotopic (exact) mass is 292 g/mol. The van der Waals surface area contributed by atoms with E-state index in [1.54, 1.807) is 31.4 Å². The highest BCUT2D eigenvalue weighted by molar-refractivity contribution is 5.97. The Labute approximate surface area is 123 Å². The molecule has 1 aliphatic rings. The van der Waals surface area contributed by atoms with Crippen LogP contribution in [0.5, 0.6) is 5.75 Å². The summed E-state index contributed by atoms with van der Waals surface area (Å²) < 4.78 is 10.5. The van der Waals surface area contributed by atoms with Crippen molar-refractivity contribution in [2.24, 2.45) is 11.7 Å². The average molecular weight is 292 g/mol. The van der Waals surface area contributed by atoms with Crippen molar-refractivity contribution >= 4 is 17.5 Å². The Kier molecular flexibility index (Phi) is 4.47. The van der Waals surface area contributed by atoms with Gasteiger partial charge in [-0.05, 0) is 49.9 Å². The van der Waals surface area contributed by atoms with Crippen LogP contribution < -0.4 is 15.8 Å². The fraction of sp³-hybridized carbons (Fsp3) is 0.467. The van der Waals surface area contributed by atoms with E-state index >= 15 is 0 Å². The van der Waals surface area contributed by atoms with Crippen LogP contribution in [-0.4, -0.2) is 31.1 Å². The fourth-order valence-corrected chi connectivity index (χ4v) is 2.12. The van der Waals surface area contributed by atoms with E-state index in [4.69, 9.17) is 15.2 Å². The topological polar surface area (TPSA) is 90.7 Å². The second-order valence-electron chi connectivity index (χ2n) is 5.32. The molecular formula is C15H20N2O4. The lowest BCUT2D eigenvalue weighted by molar-refractivity contribution is -0.138. The Hall–Kier alpha value is -2.08. The summed E-state index contributed by atoms with van der Waals surface area (Å²) in [5.74, 6) is 0.107. The van der Waals surface area contributed by atoms with Crippen molar-refractivity contribution in [2.45, 2.75) is 25.4 Å². The van der Waals surface area contributed by atoms with Gasteiger partial charge in [0, 0.05) is 12.8 Å². The minimum atomic E-state index is -0.791. The Morgan fingerprint density at radius 2 is 1.95 bits per heavy atom. The summed E-state index contributed by atoms with van der Waals surface area (Å²) in [5, 5.41) is 2.84. The molecule has 0 spiro atoms. The summed E-state index contributed by atoms with van der Waals surface area (Å²) in [6.07, 6.45) is 2.02. The lowest BCUT2D eigenvalue weighted by Gasteiger charge is -2.26. The van der Waals surface area contributed by atoms with E-state index < -0.39 is 11.5 Å². The van der Waals surface area contributed by atoms with Crippen molar-refractivity contribution in [1.29, 1.82) is 0 Å². The van der Waals surface area contributed by atoms with Gasteiger partial charge < -0.3 is 20.5 Å². The fourth-order valence-electron chi connectivity index (χ4n) is 2.12. The molecule has 0 bridgehead atoms. The molecule has 0 saturated heterocycles. The Balaban J connectivity index is 1.96. The maximum absolute atomic E-state index is 12.3. The van der Waals surface area contributed by atoms with Gasteiger partial charge in [-0.25, -0.2) is 0 Å². The van der Waals surface area contributed by atoms with Crippen molar-refractivity contribution in [1.82, 2.24) is 0 Å². The predicted octanol–water partition coefficient (Wildman–Crippen LogP) is 1.30. The lowest BCUT2D eigenvalue weighted by Crippen LogP contribution is -2.44. The molecule has 1 atom stereocenters. The number of carbonyl (C=O) groups is 2. The minimum absolute atomic E-state index is 0.154. The number of benzene rings is 1. The van der Waals surface area contributed by atoms with E-state index in [0.717, 1.165) is 12.8 Å². The molecule has 1 saturated carbocycles. The number of methoxy groups -OCH3 is 1. The molecule has 114 valence electrons. The van der Waals surface area contributed by atoms with Gasteiger partial charge in [-0.3, -0.25) is 9.59 Å². The normalized spacial score (nSPS) is 16.9. The van der Waals surface area contributed by atoms with Crippen LogP contribution in [0.15, 0.2) is 24.3 Å². The molecule has 1 fully saturated rings. The van der Waals surface area contributed by atoms with Crippen molar-refractivity contribution in [3.63, 3.8) is 0 Å². The van der Waals surface area contributed by atoms with Crippen molar-refractivity contribution in [2.75, 3.05) is 19.0 Å². The van der Waals surface area contributed by atoms with Gasteiger partial charge >= 0.3 is 0 Å². The van der Waals surface area contributed by atoms with Gasteiger partial charge in [0.05, 0.1) is 0 Å². The zero-order chi connectivity index (χ0) is 15.5. The molecule has 0 heterocycles. The first-order valence-electron chi connectivity index (χ1n) is 6.83. The Morgan fingerprint density at radius 3 is 2.43 bits per heavy atom. The van der Waals surface area contributed by atoms with Gasteiger partial charge in [-0.1, -0.05) is 0 Å². The van der Waals surface area contributed by atoms with Crippen LogP contribution in [0.3, 0.4) is 0 Å². The third kappa shape index (κ3) is 3.72. The van der Waals surface area contributed by atoms with E-state index in [-0.39, 0.29) is 18.4 Å². The van der Waals surface area contributed by atoms with Gasteiger partial charge in [-0.2, -0.15) is 0 Å². The molecule has 2 amide bonds. The standard InChI is InChI=1S/C15H20N2O4/c1-15(20-2,10-3-4-10)14(19)17-11-5-7-12(8-6-11)21-9-13(16)18/h5-8,10H,3-4,9H2,1-2H3,(H2,16,18)(H,17,19). The molecule has 1 aromatic carbocycles. The first kappa shape index (κ1) is 15.3. The molecule has 0 aliphatic heterocycles. The maximum Gasteiger partial charge on any atom is 0.256 e. The van der Waals surface area contributed by atoms with Gasteiger partial charge in [0.2, 0.25) is 0 Å². The van der Waals surface area contributed by atoms with E-state index in [1.807, 2.05) is 6.92 Å². The largest absolute Gasteiger partial charge is 0.484 e. The molecule has 21 heavy (non-hydrogen) atoms. The predicted molar refractivity (Wildman–Crippen MR) is 77.9 cm³/mol. The number of amides is 2. The quantitative estimate of drug-likeness (QED) is 0.792. The highest BCUT2D eigenvalue weighted by atomic mass is 16.5. The molecule has 1 aliphatic carbocycles. The molecule has 0 radical (unpaired) electrons. The molecule has 2 rings (SSSR count). The number of primary amides is 1. The molecule has 1 aromatic rings. The number of nitrogens with two attached hydrogens (primary N) is 1. The van der Waals surface area contributed by atoms with Crippen LogP contribution in [0, 0.1) is 5.92 Å². The van der Waals surface area contributed by atoms with Crippen LogP contribution in [0.25, 0.3) is 0 Å². The highest BCUT2D eigenvalue weighted by Gasteiger charge is 2.47. The summed E-state index contributed by atoms with van der Waals surface area (Å²) in [4.78, 5) is 22.9. The first-order chi connectivity index (χ1) is 9.95. The number of rotatable bonds is 7. The molecule has 6 nitrogen and oxygen atoms in total. The van der Waals surface area contributed by atoms with E-state index in [0.29, 0.717) is 11.4 Å². The summed E-state index contributed by atoms with van der Waals surface area (Å²) in [6.45, 7) is 1.64. The Bertz CT molecular complexity index is 525. The first-order valence-corrected chi connectivity index (χ1v) is 6.83. The number of ether oxygens (including phenoxy) is 2. The number of hydrogen-bond donors (Lipinski definition) is 2. The highest BCUT2D eigenvalue weighted by Crippen LogP contribution is 2.42. The van der Waals surface area contributed by atoms with Gasteiger partial charge in [-0.15, -0.1) is 0 Å². The molecular weight excluding hydrogens is 272 g/mol. The third-order valence-electron chi connectivity index (χ3n) is 3.72. The van der Waals surface area contributed by atoms with Crippen LogP contribution in [0.4, 0.5) is 5.69 Å². The second kappa shape index (κ2) is 6.13. The summed E-state index contributed by atoms with van der Waals surface area (Å²) in [7, 11) is 1.55. The van der Waals surface area contributed by atoms with Gasteiger partial charge in [0.1, 0.15) is 11.4 Å². The zero-order valence-corrected chi connectivity index (χ0v) is 12.2. The van der Waals surface area contributed by atoms with Crippen LogP contribution in [0.1, 0.15) is 19.8 Å². The van der Waals surface area contributed by atoms with Crippen molar-refractivity contribution in [3.05, 3.63) is 24.3 Å². The summed E-state index contributed by atoms with van der Waals surface area (Å²) in [5.41, 5.74) is 4.86. The summed E-state index contributed by atoms with van der Waals surface area (Å²) in [6, 6.07) is 6.74. The minimum Gasteiger partial charge on any atom is -0.484 e. The third-order valence-corrected chi connectivity index (χ3v) is 3.72. The van der Waals surface area contributed by atoms with Crippen molar-refractivity contribution in [3.8, 4) is 5.75 Å². The molecule has 3 N–H and O–H groups in total. The van der Waals surface area contributed by atoms with E-state index in [2.05, 4.69) is 5.32 Å². The smallest absolute Gasteiger partial charge is 0.256 e. The number of hydrogen-bond acceptors (Lipinski definition) is 4. The lowest BCUT2D eigenvalue weighted by atomic mass is 9.99.